The van der Waals surface area contributed by atoms with E-state index in [1.807, 2.05) is 30.2 Å². The molecular formula is C14H24N4S. The average molecular weight is 280 g/mol. The fraction of sp³-hybridized carbons (Fsp3) is 0.714. The second-order valence-electron chi connectivity index (χ2n) is 4.81. The third-order valence-corrected chi connectivity index (χ3v) is 4.42. The van der Waals surface area contributed by atoms with E-state index < -0.39 is 0 Å². The molecule has 1 saturated heterocycles. The zero-order valence-electron chi connectivity index (χ0n) is 11.7. The molecule has 19 heavy (non-hydrogen) atoms. The third kappa shape index (κ3) is 4.99. The number of rotatable bonds is 7. The van der Waals surface area contributed by atoms with Crippen LogP contribution >= 0.6 is 11.8 Å². The number of anilines is 1. The number of thioether (sulfide) groups is 1. The minimum absolute atomic E-state index is 0.673. The van der Waals surface area contributed by atoms with Gasteiger partial charge in [0.25, 0.3) is 0 Å². The van der Waals surface area contributed by atoms with Crippen LogP contribution in [0, 0.1) is 0 Å². The van der Waals surface area contributed by atoms with Gasteiger partial charge in [-0.1, -0.05) is 6.92 Å². The Kier molecular flexibility index (Phi) is 6.44. The van der Waals surface area contributed by atoms with Crippen LogP contribution in [-0.2, 0) is 0 Å². The molecule has 0 spiro atoms. The summed E-state index contributed by atoms with van der Waals surface area (Å²) in [5.41, 5.74) is 0. The highest BCUT2D eigenvalue weighted by atomic mass is 32.2. The Hall–Kier alpha value is -0.810. The standard InChI is InChI=1S/C14H24N4S/c1-2-19-12-4-9-15-13-5-10-18(11-6-13)14-16-7-3-8-17-14/h3,7-8,13,15H,2,4-6,9-12H2,1H3. The fourth-order valence-electron chi connectivity index (χ4n) is 2.36. The molecule has 106 valence electrons. The lowest BCUT2D eigenvalue weighted by Crippen LogP contribution is -2.43. The predicted octanol–water partition coefficient (Wildman–Crippen LogP) is 2.18. The molecule has 1 aromatic heterocycles. The van der Waals surface area contributed by atoms with E-state index in [1.54, 1.807) is 0 Å². The van der Waals surface area contributed by atoms with Crippen LogP contribution in [0.1, 0.15) is 26.2 Å². The molecule has 1 N–H and O–H groups in total. The van der Waals surface area contributed by atoms with E-state index in [0.717, 1.165) is 25.6 Å². The summed E-state index contributed by atoms with van der Waals surface area (Å²) in [5, 5.41) is 3.67. The molecule has 0 unspecified atom stereocenters. The molecule has 5 heteroatoms. The number of piperidine rings is 1. The molecule has 1 aliphatic heterocycles. The lowest BCUT2D eigenvalue weighted by Gasteiger charge is -2.32. The van der Waals surface area contributed by atoms with Gasteiger partial charge in [0, 0.05) is 31.5 Å². The predicted molar refractivity (Wildman–Crippen MR) is 82.9 cm³/mol. The van der Waals surface area contributed by atoms with Crippen LogP contribution in [0.25, 0.3) is 0 Å². The van der Waals surface area contributed by atoms with E-state index in [0.29, 0.717) is 6.04 Å². The summed E-state index contributed by atoms with van der Waals surface area (Å²) in [6.07, 6.45) is 7.30. The van der Waals surface area contributed by atoms with Gasteiger partial charge >= 0.3 is 0 Å². The molecular weight excluding hydrogens is 256 g/mol. The van der Waals surface area contributed by atoms with Crippen LogP contribution in [0.4, 0.5) is 5.95 Å². The molecule has 0 saturated carbocycles. The van der Waals surface area contributed by atoms with Gasteiger partial charge in [-0.05, 0) is 43.4 Å². The summed E-state index contributed by atoms with van der Waals surface area (Å²) < 4.78 is 0. The highest BCUT2D eigenvalue weighted by Crippen LogP contribution is 2.15. The van der Waals surface area contributed by atoms with E-state index in [4.69, 9.17) is 0 Å². The number of nitrogens with zero attached hydrogens (tertiary/aromatic N) is 3. The molecule has 4 nitrogen and oxygen atoms in total. The zero-order chi connectivity index (χ0) is 13.3. The van der Waals surface area contributed by atoms with Gasteiger partial charge in [0.15, 0.2) is 0 Å². The van der Waals surface area contributed by atoms with Gasteiger partial charge in [-0.15, -0.1) is 0 Å². The molecule has 1 aliphatic rings. The summed E-state index contributed by atoms with van der Waals surface area (Å²) in [5.74, 6) is 3.38. The summed E-state index contributed by atoms with van der Waals surface area (Å²) in [7, 11) is 0. The Bertz CT molecular complexity index is 339. The maximum atomic E-state index is 4.31. The topological polar surface area (TPSA) is 41.0 Å². The van der Waals surface area contributed by atoms with Gasteiger partial charge in [0.1, 0.15) is 0 Å². The molecule has 0 bridgehead atoms. The molecule has 1 aromatic rings. The van der Waals surface area contributed by atoms with Crippen molar-refractivity contribution in [3.8, 4) is 0 Å². The van der Waals surface area contributed by atoms with Crippen molar-refractivity contribution < 1.29 is 0 Å². The molecule has 0 aromatic carbocycles. The average Bonchev–Trinajstić information content (AvgIpc) is 2.49. The van der Waals surface area contributed by atoms with Crippen molar-refractivity contribution in [1.29, 1.82) is 0 Å². The summed E-state index contributed by atoms with van der Waals surface area (Å²) in [6, 6.07) is 2.54. The minimum Gasteiger partial charge on any atom is -0.341 e. The quantitative estimate of drug-likeness (QED) is 0.775. The van der Waals surface area contributed by atoms with Crippen molar-refractivity contribution in [2.24, 2.45) is 0 Å². The third-order valence-electron chi connectivity index (χ3n) is 3.43. The van der Waals surface area contributed by atoms with Crippen molar-refractivity contribution in [3.05, 3.63) is 18.5 Å². The molecule has 1 fully saturated rings. The largest absolute Gasteiger partial charge is 0.341 e. The highest BCUT2D eigenvalue weighted by Gasteiger charge is 2.19. The number of hydrogen-bond donors (Lipinski definition) is 1. The fourth-order valence-corrected chi connectivity index (χ4v) is 3.00. The Morgan fingerprint density at radius 3 is 2.74 bits per heavy atom. The van der Waals surface area contributed by atoms with Crippen molar-refractivity contribution in [2.45, 2.75) is 32.2 Å². The molecule has 0 atom stereocenters. The van der Waals surface area contributed by atoms with Crippen molar-refractivity contribution >= 4 is 17.7 Å². The van der Waals surface area contributed by atoms with Gasteiger partial charge < -0.3 is 10.2 Å². The Balaban J connectivity index is 1.63. The SMILES string of the molecule is CCSCCCNC1CCN(c2ncccn2)CC1. The zero-order valence-corrected chi connectivity index (χ0v) is 12.5. The molecule has 0 aliphatic carbocycles. The minimum atomic E-state index is 0.673. The highest BCUT2D eigenvalue weighted by molar-refractivity contribution is 7.99. The van der Waals surface area contributed by atoms with Gasteiger partial charge in [-0.25, -0.2) is 9.97 Å². The van der Waals surface area contributed by atoms with Gasteiger partial charge in [0.2, 0.25) is 5.95 Å². The van der Waals surface area contributed by atoms with E-state index >= 15 is 0 Å². The number of hydrogen-bond acceptors (Lipinski definition) is 5. The summed E-state index contributed by atoms with van der Waals surface area (Å²) >= 11 is 2.03. The Morgan fingerprint density at radius 2 is 2.05 bits per heavy atom. The lowest BCUT2D eigenvalue weighted by molar-refractivity contribution is 0.413. The van der Waals surface area contributed by atoms with E-state index in [2.05, 4.69) is 27.1 Å². The first-order valence-electron chi connectivity index (χ1n) is 7.23. The number of aromatic nitrogens is 2. The van der Waals surface area contributed by atoms with Crippen molar-refractivity contribution in [2.75, 3.05) is 36.0 Å². The smallest absolute Gasteiger partial charge is 0.225 e. The van der Waals surface area contributed by atoms with Crippen LogP contribution in [0.2, 0.25) is 0 Å². The first-order valence-corrected chi connectivity index (χ1v) is 8.38. The molecule has 0 radical (unpaired) electrons. The van der Waals surface area contributed by atoms with E-state index in [-0.39, 0.29) is 0 Å². The first kappa shape index (κ1) is 14.6. The van der Waals surface area contributed by atoms with Crippen LogP contribution in [0.3, 0.4) is 0 Å². The van der Waals surface area contributed by atoms with Crippen LogP contribution < -0.4 is 10.2 Å². The maximum absolute atomic E-state index is 4.31. The van der Waals surface area contributed by atoms with Crippen LogP contribution in [0.5, 0.6) is 0 Å². The molecule has 0 amide bonds. The van der Waals surface area contributed by atoms with Crippen molar-refractivity contribution in [3.63, 3.8) is 0 Å². The maximum Gasteiger partial charge on any atom is 0.225 e. The second-order valence-corrected chi connectivity index (χ2v) is 6.21. The van der Waals surface area contributed by atoms with Gasteiger partial charge in [0.05, 0.1) is 0 Å². The molecule has 2 heterocycles. The number of nitrogens with one attached hydrogen (secondary N) is 1. The Labute approximate surface area is 120 Å². The van der Waals surface area contributed by atoms with Crippen molar-refractivity contribution in [1.82, 2.24) is 15.3 Å². The van der Waals surface area contributed by atoms with Crippen LogP contribution in [-0.4, -0.2) is 47.1 Å². The van der Waals surface area contributed by atoms with Crippen LogP contribution in [0.15, 0.2) is 18.5 Å². The summed E-state index contributed by atoms with van der Waals surface area (Å²) in [4.78, 5) is 10.9. The lowest BCUT2D eigenvalue weighted by atomic mass is 10.1. The second kappa shape index (κ2) is 8.38. The first-order chi connectivity index (χ1) is 9.40. The van der Waals surface area contributed by atoms with E-state index in [9.17, 15) is 0 Å². The Morgan fingerprint density at radius 1 is 1.32 bits per heavy atom. The van der Waals surface area contributed by atoms with E-state index in [1.165, 1.54) is 30.8 Å². The molecule has 2 rings (SSSR count). The summed E-state index contributed by atoms with van der Waals surface area (Å²) in [6.45, 7) is 5.50. The van der Waals surface area contributed by atoms with Gasteiger partial charge in [-0.3, -0.25) is 0 Å². The normalized spacial score (nSPS) is 16.8. The monoisotopic (exact) mass is 280 g/mol. The van der Waals surface area contributed by atoms with Gasteiger partial charge in [-0.2, -0.15) is 11.8 Å².